The third kappa shape index (κ3) is 5.77. The molecule has 2 heterocycles. The van der Waals surface area contributed by atoms with Crippen LogP contribution in [-0.2, 0) is 19.4 Å². The van der Waals surface area contributed by atoms with Crippen molar-refractivity contribution in [3.8, 4) is 11.5 Å². The predicted octanol–water partition coefficient (Wildman–Crippen LogP) is 1.64. The maximum atomic E-state index is 12.7. The Morgan fingerprint density at radius 3 is 2.26 bits per heavy atom. The van der Waals surface area contributed by atoms with Crippen LogP contribution in [0, 0.1) is 13.8 Å². The van der Waals surface area contributed by atoms with E-state index in [4.69, 9.17) is 14.2 Å². The van der Waals surface area contributed by atoms with E-state index in [0.29, 0.717) is 29.2 Å². The van der Waals surface area contributed by atoms with Crippen LogP contribution in [0.4, 0.5) is 0 Å². The molecular weight excluding hydrogens is 464 g/mol. The number of Topliss-reactive ketones (excluding diaryl/α,β-unsaturated/α-hetero) is 1. The van der Waals surface area contributed by atoms with E-state index in [9.17, 15) is 22.8 Å². The van der Waals surface area contributed by atoms with Crippen molar-refractivity contribution in [1.29, 1.82) is 0 Å². The molecule has 1 fully saturated rings. The van der Waals surface area contributed by atoms with Crippen molar-refractivity contribution in [2.75, 3.05) is 38.9 Å². The lowest BCUT2D eigenvalue weighted by Gasteiger charge is -2.16. The zero-order valence-corrected chi connectivity index (χ0v) is 20.4. The summed E-state index contributed by atoms with van der Waals surface area (Å²) in [6.45, 7) is 2.64. The van der Waals surface area contributed by atoms with Gasteiger partial charge in [0.15, 0.2) is 16.4 Å². The first-order valence-corrected chi connectivity index (χ1v) is 12.5. The molecule has 0 radical (unpaired) electrons. The Hall–Kier alpha value is -3.34. The lowest BCUT2D eigenvalue weighted by atomic mass is 10.1. The number of hydrogen-bond donors (Lipinski definition) is 1. The standard InChI is InChI=1S/C23H28N2O8S/c1-14-7-20(15(2)25(14)17-5-6-34(29,30)13-17)21(26)12-33-22(27)11-24-23(28)16-8-18(31-3)10-19(9-16)32-4/h7-10,17H,5-6,11-13H2,1-4H3,(H,24,28). The molecule has 3 rings (SSSR count). The van der Waals surface area contributed by atoms with Gasteiger partial charge in [-0.3, -0.25) is 14.4 Å². The van der Waals surface area contributed by atoms with E-state index in [0.717, 1.165) is 5.69 Å². The van der Waals surface area contributed by atoms with Crippen LogP contribution in [0.15, 0.2) is 24.3 Å². The molecule has 1 aromatic heterocycles. The van der Waals surface area contributed by atoms with Crippen LogP contribution in [-0.4, -0.2) is 69.5 Å². The molecule has 1 aromatic carbocycles. The van der Waals surface area contributed by atoms with Crippen molar-refractivity contribution in [2.45, 2.75) is 26.3 Å². The molecule has 2 aromatic rings. The zero-order chi connectivity index (χ0) is 25.0. The summed E-state index contributed by atoms with van der Waals surface area (Å²) in [6, 6.07) is 6.07. The number of aromatic nitrogens is 1. The van der Waals surface area contributed by atoms with Crippen molar-refractivity contribution in [3.05, 3.63) is 46.8 Å². The molecule has 1 N–H and O–H groups in total. The lowest BCUT2D eigenvalue weighted by molar-refractivity contribution is -0.141. The van der Waals surface area contributed by atoms with Gasteiger partial charge in [0, 0.05) is 34.6 Å². The zero-order valence-electron chi connectivity index (χ0n) is 19.5. The van der Waals surface area contributed by atoms with Gasteiger partial charge in [-0.25, -0.2) is 8.42 Å². The SMILES string of the molecule is COc1cc(OC)cc(C(=O)NCC(=O)OCC(=O)c2cc(C)n(C3CCS(=O)(=O)C3)c2C)c1. The number of sulfone groups is 1. The molecule has 0 aliphatic carbocycles. The molecule has 1 atom stereocenters. The van der Waals surface area contributed by atoms with Crippen LogP contribution in [0.2, 0.25) is 0 Å². The lowest BCUT2D eigenvalue weighted by Crippen LogP contribution is -2.31. The summed E-state index contributed by atoms with van der Waals surface area (Å²) in [6.07, 6.45) is 0.500. The number of rotatable bonds is 9. The minimum Gasteiger partial charge on any atom is -0.497 e. The van der Waals surface area contributed by atoms with Gasteiger partial charge < -0.3 is 24.1 Å². The minimum absolute atomic E-state index is 0.0465. The van der Waals surface area contributed by atoms with E-state index in [1.165, 1.54) is 26.4 Å². The number of carbonyl (C=O) groups excluding carboxylic acids is 3. The van der Waals surface area contributed by atoms with Gasteiger partial charge in [-0.15, -0.1) is 0 Å². The minimum atomic E-state index is -3.07. The highest BCUT2D eigenvalue weighted by Gasteiger charge is 2.31. The van der Waals surface area contributed by atoms with Gasteiger partial charge in [0.2, 0.25) is 5.78 Å². The Morgan fingerprint density at radius 1 is 1.06 bits per heavy atom. The molecule has 10 nitrogen and oxygen atoms in total. The largest absolute Gasteiger partial charge is 0.497 e. The highest BCUT2D eigenvalue weighted by Crippen LogP contribution is 2.29. The maximum Gasteiger partial charge on any atom is 0.325 e. The fraction of sp³-hybridized carbons (Fsp3) is 0.435. The van der Waals surface area contributed by atoms with Crippen LogP contribution in [0.5, 0.6) is 11.5 Å². The van der Waals surface area contributed by atoms with Crippen LogP contribution in [0.1, 0.15) is 44.6 Å². The van der Waals surface area contributed by atoms with Crippen LogP contribution >= 0.6 is 0 Å². The molecule has 0 saturated carbocycles. The number of nitrogens with zero attached hydrogens (tertiary/aromatic N) is 1. The average molecular weight is 493 g/mol. The Bertz CT molecular complexity index is 1190. The molecule has 34 heavy (non-hydrogen) atoms. The smallest absolute Gasteiger partial charge is 0.325 e. The van der Waals surface area contributed by atoms with Crippen molar-refractivity contribution >= 4 is 27.5 Å². The van der Waals surface area contributed by atoms with Gasteiger partial charge in [0.1, 0.15) is 18.0 Å². The fourth-order valence-electron chi connectivity index (χ4n) is 4.07. The molecule has 1 amide bonds. The molecule has 184 valence electrons. The summed E-state index contributed by atoms with van der Waals surface area (Å²) in [7, 11) is -0.162. The normalized spacial score (nSPS) is 16.6. The van der Waals surface area contributed by atoms with Gasteiger partial charge >= 0.3 is 5.97 Å². The van der Waals surface area contributed by atoms with E-state index in [-0.39, 0.29) is 23.1 Å². The second kappa shape index (κ2) is 10.3. The molecule has 1 aliphatic rings. The van der Waals surface area contributed by atoms with E-state index in [1.54, 1.807) is 19.1 Å². The quantitative estimate of drug-likeness (QED) is 0.413. The number of benzene rings is 1. The predicted molar refractivity (Wildman–Crippen MR) is 123 cm³/mol. The number of nitrogens with one attached hydrogen (secondary N) is 1. The van der Waals surface area contributed by atoms with Gasteiger partial charge in [0.25, 0.3) is 5.91 Å². The topological polar surface area (TPSA) is 130 Å². The van der Waals surface area contributed by atoms with Gasteiger partial charge in [-0.1, -0.05) is 0 Å². The molecule has 0 bridgehead atoms. The Morgan fingerprint density at radius 2 is 1.71 bits per heavy atom. The van der Waals surface area contributed by atoms with Gasteiger partial charge in [-0.2, -0.15) is 0 Å². The molecule has 0 spiro atoms. The summed E-state index contributed by atoms with van der Waals surface area (Å²) in [5.41, 5.74) is 2.03. The van der Waals surface area contributed by atoms with Crippen molar-refractivity contribution in [2.24, 2.45) is 0 Å². The Kier molecular flexibility index (Phi) is 7.65. The Labute approximate surface area is 198 Å². The summed E-state index contributed by atoms with van der Waals surface area (Å²) < 4.78 is 40.8. The number of carbonyl (C=O) groups is 3. The molecule has 1 aliphatic heterocycles. The number of esters is 1. The maximum absolute atomic E-state index is 12.7. The summed E-state index contributed by atoms with van der Waals surface area (Å²) in [4.78, 5) is 37.1. The second-order valence-electron chi connectivity index (χ2n) is 8.08. The van der Waals surface area contributed by atoms with Crippen LogP contribution in [0.3, 0.4) is 0 Å². The summed E-state index contributed by atoms with van der Waals surface area (Å²) in [5, 5.41) is 2.44. The first kappa shape index (κ1) is 25.3. The number of amides is 1. The van der Waals surface area contributed by atoms with Gasteiger partial charge in [-0.05, 0) is 38.5 Å². The van der Waals surface area contributed by atoms with Gasteiger partial charge in [0.05, 0.1) is 25.7 Å². The fourth-order valence-corrected chi connectivity index (χ4v) is 5.77. The summed E-state index contributed by atoms with van der Waals surface area (Å²) in [5.74, 6) is -0.689. The molecular formula is C23H28N2O8S. The Balaban J connectivity index is 1.56. The molecule has 1 unspecified atom stereocenters. The van der Waals surface area contributed by atoms with Crippen molar-refractivity contribution in [3.63, 3.8) is 0 Å². The van der Waals surface area contributed by atoms with Crippen LogP contribution < -0.4 is 14.8 Å². The molecule has 11 heteroatoms. The van der Waals surface area contributed by atoms with Crippen molar-refractivity contribution in [1.82, 2.24) is 9.88 Å². The van der Waals surface area contributed by atoms with Crippen molar-refractivity contribution < 1.29 is 37.0 Å². The van der Waals surface area contributed by atoms with E-state index in [2.05, 4.69) is 5.32 Å². The number of methoxy groups -OCH3 is 2. The second-order valence-corrected chi connectivity index (χ2v) is 10.3. The first-order valence-electron chi connectivity index (χ1n) is 10.6. The number of ether oxygens (including phenoxy) is 3. The monoisotopic (exact) mass is 492 g/mol. The van der Waals surface area contributed by atoms with E-state index >= 15 is 0 Å². The first-order chi connectivity index (χ1) is 16.0. The third-order valence-corrected chi connectivity index (χ3v) is 7.48. The molecule has 1 saturated heterocycles. The summed E-state index contributed by atoms with van der Waals surface area (Å²) >= 11 is 0. The van der Waals surface area contributed by atoms with E-state index in [1.807, 2.05) is 11.5 Å². The van der Waals surface area contributed by atoms with Crippen LogP contribution in [0.25, 0.3) is 0 Å². The average Bonchev–Trinajstić information content (AvgIpc) is 3.32. The van der Waals surface area contributed by atoms with E-state index < -0.39 is 40.6 Å². The highest BCUT2D eigenvalue weighted by molar-refractivity contribution is 7.91. The number of ketones is 1. The number of hydrogen-bond acceptors (Lipinski definition) is 8. The number of aryl methyl sites for hydroxylation is 1. The third-order valence-electron chi connectivity index (χ3n) is 5.73. The highest BCUT2D eigenvalue weighted by atomic mass is 32.2.